The van der Waals surface area contributed by atoms with Crippen molar-refractivity contribution < 1.29 is 0 Å². The summed E-state index contributed by atoms with van der Waals surface area (Å²) in [5.74, 6) is 0.639. The zero-order valence-electron chi connectivity index (χ0n) is 14.0. The van der Waals surface area contributed by atoms with Crippen molar-refractivity contribution in [2.75, 3.05) is 18.5 Å². The molecule has 3 nitrogen and oxygen atoms in total. The Balaban J connectivity index is 2.84. The SMILES string of the molecule is CCCNCc1sc(N(C)C(C)C(C)C)nc1CCC. The Morgan fingerprint density at radius 2 is 1.90 bits per heavy atom. The minimum absolute atomic E-state index is 0.520. The van der Waals surface area contributed by atoms with Gasteiger partial charge < -0.3 is 10.2 Å². The molecule has 1 rings (SSSR count). The maximum atomic E-state index is 4.89. The molecule has 0 aliphatic rings. The third kappa shape index (κ3) is 4.74. The first kappa shape index (κ1) is 17.4. The average Bonchev–Trinajstić information content (AvgIpc) is 2.81. The third-order valence-corrected chi connectivity index (χ3v) is 5.03. The van der Waals surface area contributed by atoms with Crippen molar-refractivity contribution in [3.63, 3.8) is 0 Å². The van der Waals surface area contributed by atoms with Gasteiger partial charge in [0, 0.05) is 24.5 Å². The van der Waals surface area contributed by atoms with Crippen LogP contribution in [-0.4, -0.2) is 24.6 Å². The maximum absolute atomic E-state index is 4.89. The first-order valence-electron chi connectivity index (χ1n) is 7.93. The molecule has 1 N–H and O–H groups in total. The Bertz CT molecular complexity index is 387. The topological polar surface area (TPSA) is 28.2 Å². The highest BCUT2D eigenvalue weighted by Crippen LogP contribution is 2.29. The second kappa shape index (κ2) is 8.63. The fourth-order valence-electron chi connectivity index (χ4n) is 2.09. The highest BCUT2D eigenvalue weighted by atomic mass is 32.1. The first-order valence-corrected chi connectivity index (χ1v) is 8.74. The monoisotopic (exact) mass is 297 g/mol. The maximum Gasteiger partial charge on any atom is 0.185 e. The van der Waals surface area contributed by atoms with Crippen molar-refractivity contribution >= 4 is 16.5 Å². The van der Waals surface area contributed by atoms with Crippen LogP contribution in [0.25, 0.3) is 0 Å². The molecule has 0 aliphatic carbocycles. The van der Waals surface area contributed by atoms with Crippen molar-refractivity contribution in [2.45, 2.75) is 66.5 Å². The van der Waals surface area contributed by atoms with Crippen LogP contribution in [0, 0.1) is 5.92 Å². The predicted molar refractivity (Wildman–Crippen MR) is 90.8 cm³/mol. The molecular weight excluding hydrogens is 266 g/mol. The molecule has 0 fully saturated rings. The number of aryl methyl sites for hydroxylation is 1. The van der Waals surface area contributed by atoms with Gasteiger partial charge in [-0.05, 0) is 32.2 Å². The van der Waals surface area contributed by atoms with Crippen LogP contribution in [-0.2, 0) is 13.0 Å². The molecule has 0 amide bonds. The van der Waals surface area contributed by atoms with Crippen LogP contribution in [0.1, 0.15) is 58.0 Å². The number of hydrogen-bond donors (Lipinski definition) is 1. The zero-order valence-corrected chi connectivity index (χ0v) is 14.8. The smallest absolute Gasteiger partial charge is 0.185 e. The minimum Gasteiger partial charge on any atom is -0.348 e. The number of rotatable bonds is 9. The number of hydrogen-bond acceptors (Lipinski definition) is 4. The van der Waals surface area contributed by atoms with Gasteiger partial charge in [-0.2, -0.15) is 0 Å². The molecule has 1 aromatic rings. The van der Waals surface area contributed by atoms with Crippen LogP contribution in [0.3, 0.4) is 0 Å². The van der Waals surface area contributed by atoms with Crippen molar-refractivity contribution in [3.8, 4) is 0 Å². The van der Waals surface area contributed by atoms with Gasteiger partial charge in [0.2, 0.25) is 0 Å². The fraction of sp³-hybridized carbons (Fsp3) is 0.812. The lowest BCUT2D eigenvalue weighted by Gasteiger charge is -2.27. The van der Waals surface area contributed by atoms with E-state index in [9.17, 15) is 0 Å². The summed E-state index contributed by atoms with van der Waals surface area (Å²) in [6.07, 6.45) is 3.43. The van der Waals surface area contributed by atoms with Crippen LogP contribution in [0.5, 0.6) is 0 Å². The number of thiazole rings is 1. The van der Waals surface area contributed by atoms with Crippen molar-refractivity contribution in [2.24, 2.45) is 5.92 Å². The van der Waals surface area contributed by atoms with Crippen LogP contribution < -0.4 is 10.2 Å². The summed E-state index contributed by atoms with van der Waals surface area (Å²) in [5.41, 5.74) is 1.29. The Hall–Kier alpha value is -0.610. The Kier molecular flexibility index (Phi) is 7.52. The van der Waals surface area contributed by atoms with Gasteiger partial charge in [0.05, 0.1) is 5.69 Å². The Labute approximate surface area is 128 Å². The lowest BCUT2D eigenvalue weighted by Crippen LogP contribution is -2.33. The fourth-order valence-corrected chi connectivity index (χ4v) is 3.22. The third-order valence-electron chi connectivity index (χ3n) is 3.84. The molecule has 0 radical (unpaired) electrons. The molecule has 20 heavy (non-hydrogen) atoms. The largest absolute Gasteiger partial charge is 0.348 e. The van der Waals surface area contributed by atoms with E-state index in [0.29, 0.717) is 12.0 Å². The second-order valence-corrected chi connectivity index (χ2v) is 6.95. The molecule has 0 saturated carbocycles. The van der Waals surface area contributed by atoms with E-state index in [-0.39, 0.29) is 0 Å². The molecular formula is C16H31N3S. The molecule has 0 saturated heterocycles. The number of nitrogens with zero attached hydrogens (tertiary/aromatic N) is 2. The van der Waals surface area contributed by atoms with E-state index in [4.69, 9.17) is 4.98 Å². The quantitative estimate of drug-likeness (QED) is 0.696. The number of nitrogens with one attached hydrogen (secondary N) is 1. The Morgan fingerprint density at radius 1 is 1.20 bits per heavy atom. The highest BCUT2D eigenvalue weighted by molar-refractivity contribution is 7.15. The van der Waals surface area contributed by atoms with Gasteiger partial charge in [0.1, 0.15) is 0 Å². The van der Waals surface area contributed by atoms with Gasteiger partial charge in [-0.3, -0.25) is 0 Å². The van der Waals surface area contributed by atoms with Gasteiger partial charge in [-0.25, -0.2) is 4.98 Å². The summed E-state index contributed by atoms with van der Waals surface area (Å²) in [5, 5.41) is 4.68. The second-order valence-electron chi connectivity index (χ2n) is 5.89. The molecule has 116 valence electrons. The molecule has 1 atom stereocenters. The Morgan fingerprint density at radius 3 is 2.45 bits per heavy atom. The normalized spacial score (nSPS) is 12.9. The minimum atomic E-state index is 0.520. The molecule has 0 aliphatic heterocycles. The van der Waals surface area contributed by atoms with Crippen LogP contribution in [0.4, 0.5) is 5.13 Å². The lowest BCUT2D eigenvalue weighted by atomic mass is 10.1. The van der Waals surface area contributed by atoms with Gasteiger partial charge in [0.15, 0.2) is 5.13 Å². The van der Waals surface area contributed by atoms with E-state index < -0.39 is 0 Å². The van der Waals surface area contributed by atoms with Crippen molar-refractivity contribution in [3.05, 3.63) is 10.6 Å². The number of aromatic nitrogens is 1. The molecule has 1 heterocycles. The van der Waals surface area contributed by atoms with Crippen molar-refractivity contribution in [1.82, 2.24) is 10.3 Å². The molecule has 4 heteroatoms. The summed E-state index contributed by atoms with van der Waals surface area (Å²) in [6.45, 7) is 13.3. The van der Waals surface area contributed by atoms with Crippen LogP contribution >= 0.6 is 11.3 Å². The van der Waals surface area contributed by atoms with Gasteiger partial charge in [-0.15, -0.1) is 11.3 Å². The molecule has 0 spiro atoms. The zero-order chi connectivity index (χ0) is 15.1. The lowest BCUT2D eigenvalue weighted by molar-refractivity contribution is 0.505. The predicted octanol–water partition coefficient (Wildman–Crippen LogP) is 4.08. The van der Waals surface area contributed by atoms with E-state index in [1.807, 2.05) is 11.3 Å². The standard InChI is InChI=1S/C16H31N3S/c1-7-9-14-15(11-17-10-8-2)20-16(18-14)19(6)13(5)12(3)4/h12-13,17H,7-11H2,1-6H3. The summed E-state index contributed by atoms with van der Waals surface area (Å²) in [7, 11) is 2.17. The molecule has 1 aromatic heterocycles. The van der Waals surface area contributed by atoms with Crippen LogP contribution in [0.15, 0.2) is 0 Å². The van der Waals surface area contributed by atoms with Crippen LogP contribution in [0.2, 0.25) is 0 Å². The first-order chi connectivity index (χ1) is 9.51. The number of anilines is 1. The molecule has 0 bridgehead atoms. The van der Waals surface area contributed by atoms with Gasteiger partial charge >= 0.3 is 0 Å². The van der Waals surface area contributed by atoms with E-state index in [0.717, 1.165) is 25.9 Å². The molecule has 0 aromatic carbocycles. The van der Waals surface area contributed by atoms with Crippen molar-refractivity contribution in [1.29, 1.82) is 0 Å². The van der Waals surface area contributed by atoms with E-state index in [1.165, 1.54) is 22.1 Å². The summed E-state index contributed by atoms with van der Waals surface area (Å²) in [4.78, 5) is 8.63. The highest BCUT2D eigenvalue weighted by Gasteiger charge is 2.19. The summed E-state index contributed by atoms with van der Waals surface area (Å²) in [6, 6.07) is 0.520. The van der Waals surface area contributed by atoms with E-state index in [2.05, 4.69) is 51.9 Å². The van der Waals surface area contributed by atoms with E-state index in [1.54, 1.807) is 0 Å². The summed E-state index contributed by atoms with van der Waals surface area (Å²) < 4.78 is 0. The molecule has 1 unspecified atom stereocenters. The van der Waals surface area contributed by atoms with E-state index >= 15 is 0 Å². The van der Waals surface area contributed by atoms with Gasteiger partial charge in [0.25, 0.3) is 0 Å². The van der Waals surface area contributed by atoms with Gasteiger partial charge in [-0.1, -0.05) is 34.1 Å². The summed E-state index contributed by atoms with van der Waals surface area (Å²) >= 11 is 1.86. The average molecular weight is 298 g/mol.